The van der Waals surface area contributed by atoms with Gasteiger partial charge in [-0.05, 0) is 43.6 Å². The molecule has 0 radical (unpaired) electrons. The lowest BCUT2D eigenvalue weighted by atomic mass is 10.2. The lowest BCUT2D eigenvalue weighted by Crippen LogP contribution is -1.88. The number of halogens is 1. The van der Waals surface area contributed by atoms with Crippen LogP contribution < -0.4 is 0 Å². The van der Waals surface area contributed by atoms with Gasteiger partial charge in [-0.15, -0.1) is 0 Å². The molecule has 0 aliphatic heterocycles. The van der Waals surface area contributed by atoms with E-state index in [9.17, 15) is 0 Å². The molecule has 0 atom stereocenters. The Morgan fingerprint density at radius 2 is 1.75 bits per heavy atom. The van der Waals surface area contributed by atoms with Crippen LogP contribution in [-0.2, 0) is 0 Å². The van der Waals surface area contributed by atoms with Crippen LogP contribution in [0.5, 0.6) is 0 Å². The first-order valence-electron chi connectivity index (χ1n) is 4.89. The molecule has 0 saturated heterocycles. The second kappa shape index (κ2) is 4.85. The van der Waals surface area contributed by atoms with Crippen LogP contribution in [0.2, 0.25) is 5.28 Å². The van der Waals surface area contributed by atoms with Crippen LogP contribution in [0.15, 0.2) is 40.3 Å². The number of rotatable bonds is 2. The number of nitrogens with zero attached hydrogens (tertiary/aromatic N) is 2. The SMILES string of the molecule is Cc1ccc(Sc2cc(C)nc(Cl)n2)cc1. The number of aryl methyl sites for hydroxylation is 2. The van der Waals surface area contributed by atoms with Crippen molar-refractivity contribution in [3.8, 4) is 0 Å². The standard InChI is InChI=1S/C12H11ClN2S/c1-8-3-5-10(6-4-8)16-11-7-9(2)14-12(13)15-11/h3-7H,1-2H3. The average Bonchev–Trinajstić information content (AvgIpc) is 2.20. The smallest absolute Gasteiger partial charge is 0.223 e. The molecule has 2 aromatic rings. The van der Waals surface area contributed by atoms with Crippen molar-refractivity contribution in [3.05, 3.63) is 46.9 Å². The summed E-state index contributed by atoms with van der Waals surface area (Å²) in [7, 11) is 0. The summed E-state index contributed by atoms with van der Waals surface area (Å²) < 4.78 is 0. The zero-order valence-corrected chi connectivity index (χ0v) is 10.6. The van der Waals surface area contributed by atoms with Crippen LogP contribution in [0.4, 0.5) is 0 Å². The van der Waals surface area contributed by atoms with E-state index in [-0.39, 0.29) is 0 Å². The monoisotopic (exact) mass is 250 g/mol. The Labute approximate surface area is 104 Å². The van der Waals surface area contributed by atoms with Crippen molar-refractivity contribution in [2.75, 3.05) is 0 Å². The fraction of sp³-hybridized carbons (Fsp3) is 0.167. The Balaban J connectivity index is 2.23. The molecular weight excluding hydrogens is 240 g/mol. The van der Waals surface area contributed by atoms with Gasteiger partial charge < -0.3 is 0 Å². The summed E-state index contributed by atoms with van der Waals surface area (Å²) >= 11 is 7.40. The first-order valence-corrected chi connectivity index (χ1v) is 6.08. The molecule has 0 saturated carbocycles. The topological polar surface area (TPSA) is 25.8 Å². The summed E-state index contributed by atoms with van der Waals surface area (Å²) in [6.07, 6.45) is 0. The molecule has 2 nitrogen and oxygen atoms in total. The normalized spacial score (nSPS) is 10.4. The van der Waals surface area contributed by atoms with E-state index >= 15 is 0 Å². The highest BCUT2D eigenvalue weighted by atomic mass is 35.5. The van der Waals surface area contributed by atoms with Gasteiger partial charge in [0.15, 0.2) is 0 Å². The molecule has 16 heavy (non-hydrogen) atoms. The Morgan fingerprint density at radius 3 is 2.38 bits per heavy atom. The molecule has 1 heterocycles. The van der Waals surface area contributed by atoms with Gasteiger partial charge in [0.05, 0.1) is 0 Å². The van der Waals surface area contributed by atoms with Gasteiger partial charge in [0, 0.05) is 10.6 Å². The molecule has 1 aromatic heterocycles. The summed E-state index contributed by atoms with van der Waals surface area (Å²) in [5.74, 6) is 0. The fourth-order valence-corrected chi connectivity index (χ4v) is 2.43. The lowest BCUT2D eigenvalue weighted by Gasteiger charge is -2.02. The third-order valence-corrected chi connectivity index (χ3v) is 3.14. The van der Waals surface area contributed by atoms with Crippen LogP contribution >= 0.6 is 23.4 Å². The number of hydrogen-bond donors (Lipinski definition) is 0. The molecule has 82 valence electrons. The Hall–Kier alpha value is -1.06. The predicted molar refractivity (Wildman–Crippen MR) is 67.1 cm³/mol. The molecule has 1 aromatic carbocycles. The Kier molecular flexibility index (Phi) is 3.46. The maximum atomic E-state index is 5.81. The largest absolute Gasteiger partial charge is 0.223 e. The van der Waals surface area contributed by atoms with Crippen LogP contribution in [-0.4, -0.2) is 9.97 Å². The van der Waals surface area contributed by atoms with Crippen molar-refractivity contribution >= 4 is 23.4 Å². The molecule has 2 rings (SSSR count). The third kappa shape index (κ3) is 2.97. The highest BCUT2D eigenvalue weighted by molar-refractivity contribution is 7.99. The van der Waals surface area contributed by atoms with Gasteiger partial charge in [-0.2, -0.15) is 0 Å². The summed E-state index contributed by atoms with van der Waals surface area (Å²) in [6, 6.07) is 10.2. The maximum Gasteiger partial charge on any atom is 0.223 e. The summed E-state index contributed by atoms with van der Waals surface area (Å²) in [4.78, 5) is 9.35. The van der Waals surface area contributed by atoms with E-state index in [1.807, 2.05) is 13.0 Å². The Morgan fingerprint density at radius 1 is 1.06 bits per heavy atom. The van der Waals surface area contributed by atoms with Gasteiger partial charge >= 0.3 is 0 Å². The summed E-state index contributed by atoms with van der Waals surface area (Å²) in [6.45, 7) is 3.98. The molecular formula is C12H11ClN2S. The van der Waals surface area contributed by atoms with E-state index in [1.165, 1.54) is 5.56 Å². The van der Waals surface area contributed by atoms with Crippen molar-refractivity contribution in [1.82, 2.24) is 9.97 Å². The van der Waals surface area contributed by atoms with Crippen molar-refractivity contribution in [3.63, 3.8) is 0 Å². The fourth-order valence-electron chi connectivity index (χ4n) is 1.28. The second-order valence-electron chi connectivity index (χ2n) is 3.53. The van der Waals surface area contributed by atoms with Crippen molar-refractivity contribution in [1.29, 1.82) is 0 Å². The van der Waals surface area contributed by atoms with E-state index in [0.29, 0.717) is 5.28 Å². The molecule has 0 bridgehead atoms. The third-order valence-electron chi connectivity index (χ3n) is 2.05. The predicted octanol–water partition coefficient (Wildman–Crippen LogP) is 3.90. The average molecular weight is 251 g/mol. The molecule has 0 unspecified atom stereocenters. The number of benzene rings is 1. The molecule has 4 heteroatoms. The molecule has 0 aliphatic carbocycles. The second-order valence-corrected chi connectivity index (χ2v) is 4.96. The van der Waals surface area contributed by atoms with Gasteiger partial charge in [-0.25, -0.2) is 9.97 Å². The maximum absolute atomic E-state index is 5.81. The van der Waals surface area contributed by atoms with E-state index in [1.54, 1.807) is 11.8 Å². The molecule has 0 aliphatic rings. The van der Waals surface area contributed by atoms with Gasteiger partial charge in [0.1, 0.15) is 5.03 Å². The van der Waals surface area contributed by atoms with E-state index < -0.39 is 0 Å². The molecule has 0 fully saturated rings. The highest BCUT2D eigenvalue weighted by Crippen LogP contribution is 2.27. The van der Waals surface area contributed by atoms with Crippen LogP contribution in [0.1, 0.15) is 11.3 Å². The zero-order valence-electron chi connectivity index (χ0n) is 9.07. The minimum atomic E-state index is 0.301. The molecule has 0 N–H and O–H groups in total. The van der Waals surface area contributed by atoms with Gasteiger partial charge in [0.25, 0.3) is 0 Å². The van der Waals surface area contributed by atoms with Crippen LogP contribution in [0.3, 0.4) is 0 Å². The first-order chi connectivity index (χ1) is 7.63. The van der Waals surface area contributed by atoms with Gasteiger partial charge in [-0.3, -0.25) is 0 Å². The number of hydrogen-bond acceptors (Lipinski definition) is 3. The summed E-state index contributed by atoms with van der Waals surface area (Å²) in [5.41, 5.74) is 2.14. The Bertz CT molecular complexity index is 477. The minimum absolute atomic E-state index is 0.301. The van der Waals surface area contributed by atoms with E-state index in [2.05, 4.69) is 41.2 Å². The molecule has 0 spiro atoms. The van der Waals surface area contributed by atoms with E-state index in [4.69, 9.17) is 11.6 Å². The summed E-state index contributed by atoms with van der Waals surface area (Å²) in [5, 5.41) is 1.18. The van der Waals surface area contributed by atoms with Crippen molar-refractivity contribution in [2.45, 2.75) is 23.8 Å². The number of aromatic nitrogens is 2. The van der Waals surface area contributed by atoms with E-state index in [0.717, 1.165) is 15.6 Å². The van der Waals surface area contributed by atoms with Crippen molar-refractivity contribution in [2.24, 2.45) is 0 Å². The van der Waals surface area contributed by atoms with Crippen molar-refractivity contribution < 1.29 is 0 Å². The lowest BCUT2D eigenvalue weighted by molar-refractivity contribution is 1.01. The minimum Gasteiger partial charge on any atom is -0.223 e. The van der Waals surface area contributed by atoms with Crippen LogP contribution in [0.25, 0.3) is 0 Å². The quantitative estimate of drug-likeness (QED) is 0.597. The molecule has 0 amide bonds. The van der Waals surface area contributed by atoms with Gasteiger partial charge in [0.2, 0.25) is 5.28 Å². The zero-order chi connectivity index (χ0) is 11.5. The van der Waals surface area contributed by atoms with Crippen LogP contribution in [0, 0.1) is 13.8 Å². The van der Waals surface area contributed by atoms with Gasteiger partial charge in [-0.1, -0.05) is 29.5 Å². The highest BCUT2D eigenvalue weighted by Gasteiger charge is 2.02. The first kappa shape index (κ1) is 11.4.